The van der Waals surface area contributed by atoms with E-state index in [1.807, 2.05) is 36.7 Å². The number of hydrogen-bond acceptors (Lipinski definition) is 2. The number of nitrogens with zero attached hydrogens (tertiary/aromatic N) is 3. The molecule has 0 N–H and O–H groups in total. The van der Waals surface area contributed by atoms with E-state index in [9.17, 15) is 0 Å². The van der Waals surface area contributed by atoms with Gasteiger partial charge in [0.2, 0.25) is 0 Å². The molecular weight excluding hydrogens is 330 g/mol. The molecule has 2 aromatic carbocycles. The van der Waals surface area contributed by atoms with E-state index in [0.29, 0.717) is 0 Å². The predicted octanol–water partition coefficient (Wildman–Crippen LogP) is 5.91. The van der Waals surface area contributed by atoms with E-state index in [4.69, 9.17) is 0 Å². The van der Waals surface area contributed by atoms with E-state index < -0.39 is 0 Å². The fraction of sp³-hybridized carbons (Fsp3) is 0.0833. The maximum Gasteiger partial charge on any atom is 0.136 e. The SMILES string of the molecule is Cc1cc(C=Nc2ccc(-c3ccccc3)cc2)c(C)n1-c1ccccn1. The highest BCUT2D eigenvalue weighted by atomic mass is 15.1. The van der Waals surface area contributed by atoms with Gasteiger partial charge >= 0.3 is 0 Å². The minimum atomic E-state index is 0.930. The quantitative estimate of drug-likeness (QED) is 0.421. The summed E-state index contributed by atoms with van der Waals surface area (Å²) in [5.74, 6) is 0.930. The second-order valence-electron chi connectivity index (χ2n) is 6.52. The van der Waals surface area contributed by atoms with Gasteiger partial charge in [0.1, 0.15) is 5.82 Å². The number of aromatic nitrogens is 2. The van der Waals surface area contributed by atoms with Gasteiger partial charge in [0, 0.05) is 29.4 Å². The molecule has 0 bridgehead atoms. The Bertz CT molecular complexity index is 1060. The van der Waals surface area contributed by atoms with Crippen LogP contribution in [-0.4, -0.2) is 15.8 Å². The van der Waals surface area contributed by atoms with Crippen molar-refractivity contribution in [1.82, 2.24) is 9.55 Å². The van der Waals surface area contributed by atoms with Crippen LogP contribution < -0.4 is 0 Å². The summed E-state index contributed by atoms with van der Waals surface area (Å²) in [6, 6.07) is 26.8. The molecule has 4 aromatic rings. The highest BCUT2D eigenvalue weighted by Crippen LogP contribution is 2.23. The third-order valence-electron chi connectivity index (χ3n) is 4.68. The van der Waals surface area contributed by atoms with Crippen LogP contribution in [0.25, 0.3) is 16.9 Å². The van der Waals surface area contributed by atoms with Crippen molar-refractivity contribution in [2.45, 2.75) is 13.8 Å². The van der Waals surface area contributed by atoms with Crippen LogP contribution in [0.15, 0.2) is 90.1 Å². The highest BCUT2D eigenvalue weighted by Gasteiger charge is 2.09. The first kappa shape index (κ1) is 17.0. The van der Waals surface area contributed by atoms with Crippen molar-refractivity contribution in [2.24, 2.45) is 4.99 Å². The normalized spacial score (nSPS) is 11.2. The number of benzene rings is 2. The van der Waals surface area contributed by atoms with E-state index in [0.717, 1.165) is 28.5 Å². The molecule has 4 rings (SSSR count). The van der Waals surface area contributed by atoms with Gasteiger partial charge in [-0.2, -0.15) is 0 Å². The molecule has 0 unspecified atom stereocenters. The van der Waals surface area contributed by atoms with Gasteiger partial charge in [0.05, 0.1) is 5.69 Å². The van der Waals surface area contributed by atoms with Crippen LogP contribution in [0.2, 0.25) is 0 Å². The summed E-state index contributed by atoms with van der Waals surface area (Å²) in [6.07, 6.45) is 3.75. The summed E-state index contributed by atoms with van der Waals surface area (Å²) >= 11 is 0. The van der Waals surface area contributed by atoms with E-state index in [1.54, 1.807) is 0 Å². The molecule has 0 fully saturated rings. The Balaban J connectivity index is 1.59. The Morgan fingerprint density at radius 1 is 0.815 bits per heavy atom. The lowest BCUT2D eigenvalue weighted by Gasteiger charge is -2.07. The second-order valence-corrected chi connectivity index (χ2v) is 6.52. The molecule has 0 aliphatic carbocycles. The first-order valence-electron chi connectivity index (χ1n) is 9.02. The van der Waals surface area contributed by atoms with Crippen molar-refractivity contribution < 1.29 is 0 Å². The summed E-state index contributed by atoms with van der Waals surface area (Å²) in [7, 11) is 0. The fourth-order valence-electron chi connectivity index (χ4n) is 3.27. The molecule has 132 valence electrons. The fourth-order valence-corrected chi connectivity index (χ4v) is 3.27. The Kier molecular flexibility index (Phi) is 4.67. The van der Waals surface area contributed by atoms with Gasteiger partial charge in [-0.3, -0.25) is 4.99 Å². The molecule has 3 heteroatoms. The Labute approximate surface area is 159 Å². The van der Waals surface area contributed by atoms with Crippen LogP contribution in [0.1, 0.15) is 17.0 Å². The standard InChI is InChI=1S/C24H21N3/c1-18-16-22(19(2)27(18)24-10-6-7-15-25-24)17-26-23-13-11-21(12-14-23)20-8-4-3-5-9-20/h3-17H,1-2H3. The lowest BCUT2D eigenvalue weighted by Crippen LogP contribution is -2.01. The van der Waals surface area contributed by atoms with Crippen molar-refractivity contribution >= 4 is 11.9 Å². The molecule has 0 aliphatic heterocycles. The van der Waals surface area contributed by atoms with E-state index in [-0.39, 0.29) is 0 Å². The summed E-state index contributed by atoms with van der Waals surface area (Å²) in [4.78, 5) is 9.12. The lowest BCUT2D eigenvalue weighted by atomic mass is 10.1. The molecule has 0 saturated carbocycles. The molecule has 0 aliphatic rings. The van der Waals surface area contributed by atoms with Crippen LogP contribution in [0, 0.1) is 13.8 Å². The van der Waals surface area contributed by atoms with E-state index in [2.05, 4.69) is 83.0 Å². The minimum Gasteiger partial charge on any atom is -0.303 e. The summed E-state index contributed by atoms with van der Waals surface area (Å²) in [6.45, 7) is 4.19. The molecule has 0 spiro atoms. The molecule has 2 aromatic heterocycles. The van der Waals surface area contributed by atoms with Crippen LogP contribution in [0.3, 0.4) is 0 Å². The van der Waals surface area contributed by atoms with Crippen molar-refractivity contribution in [1.29, 1.82) is 0 Å². The zero-order chi connectivity index (χ0) is 18.6. The zero-order valence-electron chi connectivity index (χ0n) is 15.5. The van der Waals surface area contributed by atoms with Gasteiger partial charge in [0.15, 0.2) is 0 Å². The van der Waals surface area contributed by atoms with Gasteiger partial charge in [0.25, 0.3) is 0 Å². The van der Waals surface area contributed by atoms with Crippen molar-refractivity contribution in [3.05, 3.63) is 102 Å². The molecule has 0 amide bonds. The molecule has 0 saturated heterocycles. The number of rotatable bonds is 4. The predicted molar refractivity (Wildman–Crippen MR) is 112 cm³/mol. The third-order valence-corrected chi connectivity index (χ3v) is 4.68. The van der Waals surface area contributed by atoms with Gasteiger partial charge in [-0.1, -0.05) is 48.5 Å². The molecule has 2 heterocycles. The smallest absolute Gasteiger partial charge is 0.136 e. The third kappa shape index (κ3) is 3.58. The second kappa shape index (κ2) is 7.42. The van der Waals surface area contributed by atoms with E-state index in [1.165, 1.54) is 11.1 Å². The van der Waals surface area contributed by atoms with Crippen LogP contribution >= 0.6 is 0 Å². The summed E-state index contributed by atoms with van der Waals surface area (Å²) < 4.78 is 2.15. The van der Waals surface area contributed by atoms with Gasteiger partial charge in [-0.25, -0.2) is 4.98 Å². The maximum absolute atomic E-state index is 4.66. The largest absolute Gasteiger partial charge is 0.303 e. The maximum atomic E-state index is 4.66. The van der Waals surface area contributed by atoms with Crippen molar-refractivity contribution in [3.63, 3.8) is 0 Å². The minimum absolute atomic E-state index is 0.930. The summed E-state index contributed by atoms with van der Waals surface area (Å²) in [5.41, 5.74) is 6.74. The number of pyridine rings is 1. The molecule has 3 nitrogen and oxygen atoms in total. The first-order valence-corrected chi connectivity index (χ1v) is 9.02. The first-order chi connectivity index (χ1) is 13.2. The molecule has 0 atom stereocenters. The van der Waals surface area contributed by atoms with Crippen LogP contribution in [0.4, 0.5) is 5.69 Å². The highest BCUT2D eigenvalue weighted by molar-refractivity contribution is 5.84. The zero-order valence-corrected chi connectivity index (χ0v) is 15.5. The van der Waals surface area contributed by atoms with E-state index >= 15 is 0 Å². The Morgan fingerprint density at radius 2 is 1.52 bits per heavy atom. The topological polar surface area (TPSA) is 30.2 Å². The van der Waals surface area contributed by atoms with Crippen LogP contribution in [-0.2, 0) is 0 Å². The van der Waals surface area contributed by atoms with Gasteiger partial charge in [-0.05, 0) is 55.3 Å². The van der Waals surface area contributed by atoms with Crippen molar-refractivity contribution in [2.75, 3.05) is 0 Å². The number of hydrogen-bond donors (Lipinski definition) is 0. The van der Waals surface area contributed by atoms with Crippen molar-refractivity contribution in [3.8, 4) is 16.9 Å². The monoisotopic (exact) mass is 351 g/mol. The molecule has 0 radical (unpaired) electrons. The number of aryl methyl sites for hydroxylation is 1. The summed E-state index contributed by atoms with van der Waals surface area (Å²) in [5, 5.41) is 0. The van der Waals surface area contributed by atoms with Gasteiger partial charge < -0.3 is 4.57 Å². The average Bonchev–Trinajstić information content (AvgIpc) is 3.01. The average molecular weight is 351 g/mol. The number of aliphatic imine (C=N–C) groups is 1. The Hall–Kier alpha value is -3.46. The Morgan fingerprint density at radius 3 is 2.22 bits per heavy atom. The van der Waals surface area contributed by atoms with Crippen LogP contribution in [0.5, 0.6) is 0 Å². The molecular formula is C24H21N3. The van der Waals surface area contributed by atoms with Gasteiger partial charge in [-0.15, -0.1) is 0 Å². The molecule has 27 heavy (non-hydrogen) atoms. The lowest BCUT2D eigenvalue weighted by molar-refractivity contribution is 0.921.